The lowest BCUT2D eigenvalue weighted by Gasteiger charge is -2.35. The standard InChI is InChI=1S/C17H21ClN2O2/c18-13-5-3-12(4-6-13)17(21)19-14-7-15-10-22-16(11-1-2-11)9-20(15)8-14/h3-6,11,14-16H,1-2,7-10H2,(H,19,21)/t14-,15-,16-/m0/s1. The van der Waals surface area contributed by atoms with Crippen LogP contribution in [0.5, 0.6) is 0 Å². The van der Waals surface area contributed by atoms with Crippen LogP contribution < -0.4 is 5.32 Å². The molecule has 1 amide bonds. The predicted molar refractivity (Wildman–Crippen MR) is 85.1 cm³/mol. The molecule has 1 saturated carbocycles. The number of carbonyl (C=O) groups excluding carboxylic acids is 1. The first-order chi connectivity index (χ1) is 10.7. The topological polar surface area (TPSA) is 41.6 Å². The molecule has 1 aliphatic carbocycles. The van der Waals surface area contributed by atoms with E-state index in [1.807, 2.05) is 0 Å². The Bertz CT molecular complexity index is 558. The molecular weight excluding hydrogens is 300 g/mol. The zero-order valence-corrected chi connectivity index (χ0v) is 13.3. The molecule has 5 heteroatoms. The Hall–Kier alpha value is -1.10. The summed E-state index contributed by atoms with van der Waals surface area (Å²) in [6.45, 7) is 2.79. The van der Waals surface area contributed by atoms with Crippen LogP contribution in [0.1, 0.15) is 29.6 Å². The summed E-state index contributed by atoms with van der Waals surface area (Å²) >= 11 is 5.86. The van der Waals surface area contributed by atoms with Crippen molar-refractivity contribution in [2.75, 3.05) is 19.7 Å². The van der Waals surface area contributed by atoms with E-state index in [9.17, 15) is 4.79 Å². The maximum Gasteiger partial charge on any atom is 0.251 e. The van der Waals surface area contributed by atoms with E-state index in [1.54, 1.807) is 24.3 Å². The third kappa shape index (κ3) is 3.00. The molecule has 3 fully saturated rings. The second-order valence-electron chi connectivity index (χ2n) is 6.73. The highest BCUT2D eigenvalue weighted by molar-refractivity contribution is 6.30. The maximum atomic E-state index is 12.3. The number of carbonyl (C=O) groups is 1. The molecule has 0 radical (unpaired) electrons. The van der Waals surface area contributed by atoms with Crippen LogP contribution in [0.3, 0.4) is 0 Å². The third-order valence-corrected chi connectivity index (χ3v) is 5.29. The molecule has 4 rings (SSSR count). The molecule has 3 atom stereocenters. The van der Waals surface area contributed by atoms with E-state index >= 15 is 0 Å². The number of benzene rings is 1. The van der Waals surface area contributed by atoms with E-state index in [0.717, 1.165) is 32.0 Å². The number of amides is 1. The van der Waals surface area contributed by atoms with Gasteiger partial charge in [0.1, 0.15) is 0 Å². The Morgan fingerprint density at radius 3 is 2.73 bits per heavy atom. The molecule has 3 aliphatic rings. The van der Waals surface area contributed by atoms with Crippen molar-refractivity contribution >= 4 is 17.5 Å². The van der Waals surface area contributed by atoms with Gasteiger partial charge in [0.05, 0.1) is 12.7 Å². The van der Waals surface area contributed by atoms with E-state index in [2.05, 4.69) is 10.2 Å². The highest BCUT2D eigenvalue weighted by atomic mass is 35.5. The molecular formula is C17H21ClN2O2. The van der Waals surface area contributed by atoms with Gasteiger partial charge in [-0.15, -0.1) is 0 Å². The zero-order chi connectivity index (χ0) is 15.1. The monoisotopic (exact) mass is 320 g/mol. The van der Waals surface area contributed by atoms with Gasteiger partial charge in [-0.2, -0.15) is 0 Å². The first-order valence-corrected chi connectivity index (χ1v) is 8.49. The van der Waals surface area contributed by atoms with Crippen molar-refractivity contribution < 1.29 is 9.53 Å². The second-order valence-corrected chi connectivity index (χ2v) is 7.17. The Labute approximate surface area is 135 Å². The molecule has 22 heavy (non-hydrogen) atoms. The van der Waals surface area contributed by atoms with Crippen molar-refractivity contribution in [3.05, 3.63) is 34.9 Å². The van der Waals surface area contributed by atoms with Crippen LogP contribution in [0, 0.1) is 5.92 Å². The molecule has 4 nitrogen and oxygen atoms in total. The highest BCUT2D eigenvalue weighted by Crippen LogP contribution is 2.37. The molecule has 2 heterocycles. The molecule has 1 aromatic rings. The molecule has 2 saturated heterocycles. The molecule has 2 aliphatic heterocycles. The van der Waals surface area contributed by atoms with Crippen molar-refractivity contribution in [1.82, 2.24) is 10.2 Å². The van der Waals surface area contributed by atoms with E-state index in [-0.39, 0.29) is 11.9 Å². The van der Waals surface area contributed by atoms with Crippen molar-refractivity contribution in [2.24, 2.45) is 5.92 Å². The summed E-state index contributed by atoms with van der Waals surface area (Å²) in [5.74, 6) is 0.768. The van der Waals surface area contributed by atoms with Gasteiger partial charge in [0.25, 0.3) is 5.91 Å². The van der Waals surface area contributed by atoms with Gasteiger partial charge in [0.15, 0.2) is 0 Å². The summed E-state index contributed by atoms with van der Waals surface area (Å²) in [7, 11) is 0. The quantitative estimate of drug-likeness (QED) is 0.929. The van der Waals surface area contributed by atoms with Gasteiger partial charge in [-0.05, 0) is 49.4 Å². The van der Waals surface area contributed by atoms with Crippen LogP contribution in [0.15, 0.2) is 24.3 Å². The minimum atomic E-state index is -0.0128. The summed E-state index contributed by atoms with van der Waals surface area (Å²) in [6.07, 6.45) is 4.04. The van der Waals surface area contributed by atoms with Crippen molar-refractivity contribution in [1.29, 1.82) is 0 Å². The fraction of sp³-hybridized carbons (Fsp3) is 0.588. The van der Waals surface area contributed by atoms with E-state index in [1.165, 1.54) is 12.8 Å². The summed E-state index contributed by atoms with van der Waals surface area (Å²) < 4.78 is 6.00. The fourth-order valence-electron chi connectivity index (χ4n) is 3.63. The lowest BCUT2D eigenvalue weighted by atomic mass is 10.1. The van der Waals surface area contributed by atoms with Gasteiger partial charge in [0.2, 0.25) is 0 Å². The Kier molecular flexibility index (Phi) is 3.84. The van der Waals surface area contributed by atoms with E-state index < -0.39 is 0 Å². The first kappa shape index (κ1) is 14.5. The lowest BCUT2D eigenvalue weighted by molar-refractivity contribution is -0.0581. The van der Waals surface area contributed by atoms with Crippen LogP contribution in [0.25, 0.3) is 0 Å². The van der Waals surface area contributed by atoms with Crippen LogP contribution in [-0.4, -0.2) is 48.7 Å². The van der Waals surface area contributed by atoms with Gasteiger partial charge >= 0.3 is 0 Å². The number of fused-ring (bicyclic) bond motifs is 1. The lowest BCUT2D eigenvalue weighted by Crippen LogP contribution is -2.47. The van der Waals surface area contributed by atoms with Gasteiger partial charge in [-0.25, -0.2) is 0 Å². The Morgan fingerprint density at radius 1 is 1.23 bits per heavy atom. The molecule has 0 spiro atoms. The molecule has 0 aromatic heterocycles. The molecule has 1 N–H and O–H groups in total. The predicted octanol–water partition coefficient (Wildman–Crippen LogP) is 2.32. The average molecular weight is 321 g/mol. The van der Waals surface area contributed by atoms with Crippen LogP contribution in [-0.2, 0) is 4.74 Å². The number of nitrogens with zero attached hydrogens (tertiary/aromatic N) is 1. The van der Waals surface area contributed by atoms with Crippen LogP contribution in [0.4, 0.5) is 0 Å². The molecule has 118 valence electrons. The number of hydrogen-bond acceptors (Lipinski definition) is 3. The largest absolute Gasteiger partial charge is 0.375 e. The first-order valence-electron chi connectivity index (χ1n) is 8.11. The number of halogens is 1. The van der Waals surface area contributed by atoms with E-state index in [4.69, 9.17) is 16.3 Å². The number of ether oxygens (including phenoxy) is 1. The third-order valence-electron chi connectivity index (χ3n) is 5.03. The van der Waals surface area contributed by atoms with Gasteiger partial charge < -0.3 is 10.1 Å². The smallest absolute Gasteiger partial charge is 0.251 e. The summed E-state index contributed by atoms with van der Waals surface area (Å²) in [4.78, 5) is 14.8. The molecule has 0 bridgehead atoms. The van der Waals surface area contributed by atoms with Gasteiger partial charge in [-0.3, -0.25) is 9.69 Å². The normalized spacial score (nSPS) is 31.8. The minimum absolute atomic E-state index is 0.0128. The maximum absolute atomic E-state index is 12.3. The fourth-order valence-corrected chi connectivity index (χ4v) is 3.75. The van der Waals surface area contributed by atoms with Crippen molar-refractivity contribution in [3.63, 3.8) is 0 Å². The van der Waals surface area contributed by atoms with Gasteiger partial charge in [-0.1, -0.05) is 11.6 Å². The van der Waals surface area contributed by atoms with Gasteiger partial charge in [0, 0.05) is 35.8 Å². The second kappa shape index (κ2) is 5.84. The number of morpholine rings is 1. The number of rotatable bonds is 3. The average Bonchev–Trinajstić information content (AvgIpc) is 3.28. The SMILES string of the molecule is O=C(N[C@H]1C[C@H]2CO[C@H](C3CC3)CN2C1)c1ccc(Cl)cc1. The number of nitrogens with one attached hydrogen (secondary N) is 1. The minimum Gasteiger partial charge on any atom is -0.375 e. The van der Waals surface area contributed by atoms with Crippen LogP contribution in [0.2, 0.25) is 5.02 Å². The summed E-state index contributed by atoms with van der Waals surface area (Å²) in [6, 6.07) is 7.73. The van der Waals surface area contributed by atoms with Crippen molar-refractivity contribution in [2.45, 2.75) is 37.5 Å². The Balaban J connectivity index is 1.34. The molecule has 1 aromatic carbocycles. The number of hydrogen-bond donors (Lipinski definition) is 1. The molecule has 0 unspecified atom stereocenters. The van der Waals surface area contributed by atoms with Crippen molar-refractivity contribution in [3.8, 4) is 0 Å². The zero-order valence-electron chi connectivity index (χ0n) is 12.5. The van der Waals surface area contributed by atoms with Crippen LogP contribution >= 0.6 is 11.6 Å². The summed E-state index contributed by atoms with van der Waals surface area (Å²) in [5.41, 5.74) is 0.668. The highest BCUT2D eigenvalue weighted by Gasteiger charge is 2.42. The summed E-state index contributed by atoms with van der Waals surface area (Å²) in [5, 5.41) is 3.80. The van der Waals surface area contributed by atoms with E-state index in [0.29, 0.717) is 22.7 Å². The Morgan fingerprint density at radius 2 is 2.00 bits per heavy atom.